The first-order chi connectivity index (χ1) is 13.7. The molecule has 0 aromatic heterocycles. The van der Waals surface area contributed by atoms with E-state index in [1.165, 1.54) is 17.3 Å². The van der Waals surface area contributed by atoms with Crippen LogP contribution in [-0.4, -0.2) is 21.8 Å². The van der Waals surface area contributed by atoms with E-state index < -0.39 is 0 Å². The summed E-state index contributed by atoms with van der Waals surface area (Å²) in [5.74, 6) is 1.34. The molecule has 0 aliphatic carbocycles. The van der Waals surface area contributed by atoms with Crippen molar-refractivity contribution in [2.45, 2.75) is 38.4 Å². The Kier molecular flexibility index (Phi) is 7.74. The molecular weight excluding hydrogens is 388 g/mol. The van der Waals surface area contributed by atoms with E-state index in [0.717, 1.165) is 40.8 Å². The molecule has 0 fully saturated rings. The predicted molar refractivity (Wildman–Crippen MR) is 121 cm³/mol. The van der Waals surface area contributed by atoms with Gasteiger partial charge in [-0.15, -0.1) is 0 Å². The fourth-order valence-corrected chi connectivity index (χ4v) is 4.75. The second-order valence-electron chi connectivity index (χ2n) is 6.59. The maximum absolute atomic E-state index is 12.5. The third-order valence-corrected chi connectivity index (χ3v) is 6.62. The SMILES string of the molecule is CCCCCC(=O)Nc1ccc(C(=O)CSC2=Nc3ccccc3CS2)cc1. The average Bonchev–Trinajstić information content (AvgIpc) is 2.72. The smallest absolute Gasteiger partial charge is 0.224 e. The number of ketones is 1. The van der Waals surface area contributed by atoms with Crippen molar-refractivity contribution in [3.05, 3.63) is 59.7 Å². The minimum atomic E-state index is 0.0238. The zero-order valence-electron chi connectivity index (χ0n) is 15.9. The monoisotopic (exact) mass is 412 g/mol. The van der Waals surface area contributed by atoms with Crippen LogP contribution in [0.2, 0.25) is 0 Å². The van der Waals surface area contributed by atoms with Crippen LogP contribution in [0.25, 0.3) is 0 Å². The van der Waals surface area contributed by atoms with E-state index in [1.54, 1.807) is 36.0 Å². The zero-order chi connectivity index (χ0) is 19.8. The number of aliphatic imine (C=N–C) groups is 1. The fraction of sp³-hybridized carbons (Fsp3) is 0.318. The molecule has 2 aromatic rings. The van der Waals surface area contributed by atoms with Crippen LogP contribution in [0.1, 0.15) is 48.5 Å². The third-order valence-electron chi connectivity index (χ3n) is 4.38. The molecule has 0 atom stereocenters. The van der Waals surface area contributed by atoms with Gasteiger partial charge in [0.25, 0.3) is 0 Å². The van der Waals surface area contributed by atoms with Gasteiger partial charge < -0.3 is 5.32 Å². The highest BCUT2D eigenvalue weighted by molar-refractivity contribution is 8.38. The summed E-state index contributed by atoms with van der Waals surface area (Å²) in [6.07, 6.45) is 3.60. The second-order valence-corrected chi connectivity index (χ2v) is 8.78. The van der Waals surface area contributed by atoms with E-state index in [9.17, 15) is 9.59 Å². The Balaban J connectivity index is 1.50. The number of carbonyl (C=O) groups excluding carboxylic acids is 2. The molecule has 4 nitrogen and oxygen atoms in total. The minimum absolute atomic E-state index is 0.0238. The van der Waals surface area contributed by atoms with Crippen molar-refractivity contribution in [2.24, 2.45) is 4.99 Å². The van der Waals surface area contributed by atoms with Crippen LogP contribution in [0.5, 0.6) is 0 Å². The molecule has 28 heavy (non-hydrogen) atoms. The Bertz CT molecular complexity index is 863. The molecule has 1 amide bonds. The maximum atomic E-state index is 12.5. The van der Waals surface area contributed by atoms with Crippen LogP contribution in [0, 0.1) is 0 Å². The molecule has 3 rings (SSSR count). The summed E-state index contributed by atoms with van der Waals surface area (Å²) < 4.78 is 0.933. The molecule has 1 aliphatic heterocycles. The predicted octanol–water partition coefficient (Wildman–Crippen LogP) is 6.06. The fourth-order valence-electron chi connectivity index (χ4n) is 2.80. The average molecular weight is 413 g/mol. The lowest BCUT2D eigenvalue weighted by molar-refractivity contribution is -0.116. The van der Waals surface area contributed by atoms with Crippen molar-refractivity contribution in [3.63, 3.8) is 0 Å². The molecule has 0 saturated heterocycles. The number of nitrogens with one attached hydrogen (secondary N) is 1. The van der Waals surface area contributed by atoms with Crippen LogP contribution in [0.15, 0.2) is 53.5 Å². The highest BCUT2D eigenvalue weighted by Gasteiger charge is 2.15. The van der Waals surface area contributed by atoms with Gasteiger partial charge in [-0.05, 0) is 42.3 Å². The molecule has 0 saturated carbocycles. The van der Waals surface area contributed by atoms with E-state index in [4.69, 9.17) is 0 Å². The van der Waals surface area contributed by atoms with Crippen LogP contribution >= 0.6 is 23.5 Å². The number of nitrogens with zero attached hydrogens (tertiary/aromatic N) is 1. The normalized spacial score (nSPS) is 12.8. The maximum Gasteiger partial charge on any atom is 0.224 e. The first kappa shape index (κ1) is 20.7. The number of hydrogen-bond donors (Lipinski definition) is 1. The molecule has 1 aliphatic rings. The van der Waals surface area contributed by atoms with E-state index in [1.807, 2.05) is 18.2 Å². The van der Waals surface area contributed by atoms with E-state index in [0.29, 0.717) is 17.7 Å². The van der Waals surface area contributed by atoms with Gasteiger partial charge in [0.1, 0.15) is 4.38 Å². The van der Waals surface area contributed by atoms with Crippen LogP contribution in [0.3, 0.4) is 0 Å². The van der Waals surface area contributed by atoms with Crippen molar-refractivity contribution in [1.29, 1.82) is 0 Å². The number of fused-ring (bicyclic) bond motifs is 1. The summed E-state index contributed by atoms with van der Waals surface area (Å²) in [6.45, 7) is 2.12. The molecule has 1 N–H and O–H groups in total. The van der Waals surface area contributed by atoms with Gasteiger partial charge in [0.05, 0.1) is 11.4 Å². The van der Waals surface area contributed by atoms with Gasteiger partial charge in [-0.3, -0.25) is 9.59 Å². The summed E-state index contributed by atoms with van der Waals surface area (Å²) in [5, 5.41) is 2.88. The van der Waals surface area contributed by atoms with Gasteiger partial charge in [0, 0.05) is 23.4 Å². The largest absolute Gasteiger partial charge is 0.326 e. The standard InChI is InChI=1S/C22H24N2O2S2/c1-2-3-4-9-21(26)23-18-12-10-16(11-13-18)20(25)15-28-22-24-19-8-6-5-7-17(19)14-27-22/h5-8,10-13H,2-4,9,14-15H2,1H3,(H,23,26). The molecule has 0 radical (unpaired) electrons. The highest BCUT2D eigenvalue weighted by atomic mass is 32.2. The molecule has 2 aromatic carbocycles. The van der Waals surface area contributed by atoms with Gasteiger partial charge in [0.15, 0.2) is 5.78 Å². The van der Waals surface area contributed by atoms with Crippen molar-refractivity contribution < 1.29 is 9.59 Å². The van der Waals surface area contributed by atoms with Gasteiger partial charge in [-0.25, -0.2) is 4.99 Å². The van der Waals surface area contributed by atoms with Crippen molar-refractivity contribution >= 4 is 51.0 Å². The first-order valence-electron chi connectivity index (χ1n) is 9.51. The van der Waals surface area contributed by atoms with Gasteiger partial charge in [-0.2, -0.15) is 0 Å². The number of amides is 1. The van der Waals surface area contributed by atoms with Crippen LogP contribution in [-0.2, 0) is 10.5 Å². The van der Waals surface area contributed by atoms with Crippen molar-refractivity contribution in [2.75, 3.05) is 11.1 Å². The molecule has 6 heteroatoms. The summed E-state index contributed by atoms with van der Waals surface area (Å²) in [7, 11) is 0. The van der Waals surface area contributed by atoms with Crippen molar-refractivity contribution in [3.8, 4) is 0 Å². The second kappa shape index (κ2) is 10.5. The summed E-state index contributed by atoms with van der Waals surface area (Å²) in [4.78, 5) is 29.0. The molecule has 0 bridgehead atoms. The molecule has 0 spiro atoms. The van der Waals surface area contributed by atoms with Gasteiger partial charge in [0.2, 0.25) is 5.91 Å². The number of unbranched alkanes of at least 4 members (excludes halogenated alkanes) is 2. The van der Waals surface area contributed by atoms with Gasteiger partial charge in [-0.1, -0.05) is 61.5 Å². The number of Topliss-reactive ketones (excluding diaryl/α,β-unsaturated/α-hetero) is 1. The Morgan fingerprint density at radius 2 is 1.89 bits per heavy atom. The Hall–Kier alpha value is -2.05. The van der Waals surface area contributed by atoms with Gasteiger partial charge >= 0.3 is 0 Å². The van der Waals surface area contributed by atoms with E-state index >= 15 is 0 Å². The summed E-state index contributed by atoms with van der Waals surface area (Å²) in [5.41, 5.74) is 3.61. The van der Waals surface area contributed by atoms with E-state index in [2.05, 4.69) is 23.3 Å². The topological polar surface area (TPSA) is 58.5 Å². The van der Waals surface area contributed by atoms with Crippen LogP contribution in [0.4, 0.5) is 11.4 Å². The Morgan fingerprint density at radius 3 is 2.68 bits per heavy atom. The lowest BCUT2D eigenvalue weighted by Crippen LogP contribution is -2.11. The van der Waals surface area contributed by atoms with Crippen LogP contribution < -0.4 is 5.32 Å². The summed E-state index contributed by atoms with van der Waals surface area (Å²) >= 11 is 3.16. The Labute approximate surface area is 174 Å². The number of thioether (sulfide) groups is 2. The highest BCUT2D eigenvalue weighted by Crippen LogP contribution is 2.34. The Morgan fingerprint density at radius 1 is 1.11 bits per heavy atom. The number of rotatable bonds is 8. The van der Waals surface area contributed by atoms with E-state index in [-0.39, 0.29) is 11.7 Å². The molecule has 146 valence electrons. The number of hydrogen-bond acceptors (Lipinski definition) is 5. The minimum Gasteiger partial charge on any atom is -0.326 e. The molecular formula is C22H24N2O2S2. The number of carbonyl (C=O) groups is 2. The number of benzene rings is 2. The molecule has 0 unspecified atom stereocenters. The summed E-state index contributed by atoms with van der Waals surface area (Å²) in [6, 6.07) is 15.2. The lowest BCUT2D eigenvalue weighted by Gasteiger charge is -2.13. The third kappa shape index (κ3) is 5.97. The molecule has 1 heterocycles. The first-order valence-corrected chi connectivity index (χ1v) is 11.5. The lowest BCUT2D eigenvalue weighted by atomic mass is 10.1. The zero-order valence-corrected chi connectivity index (χ0v) is 17.6. The van der Waals surface area contributed by atoms with Crippen molar-refractivity contribution in [1.82, 2.24) is 0 Å². The number of anilines is 1. The number of para-hydroxylation sites is 1. The quantitative estimate of drug-likeness (QED) is 0.423.